The average molecular weight is 352 g/mol. The minimum absolute atomic E-state index is 0.0734. The van der Waals surface area contributed by atoms with E-state index in [1.54, 1.807) is 6.07 Å². The summed E-state index contributed by atoms with van der Waals surface area (Å²) in [5.41, 5.74) is 0.208. The quantitative estimate of drug-likeness (QED) is 0.826. The molecule has 2 rings (SSSR count). The Balaban J connectivity index is 2.31. The van der Waals surface area contributed by atoms with E-state index in [9.17, 15) is 9.59 Å². The number of aromatic nitrogens is 1. The summed E-state index contributed by atoms with van der Waals surface area (Å²) in [6.07, 6.45) is 1.48. The van der Waals surface area contributed by atoms with Crippen LogP contribution >= 0.6 is 39.3 Å². The molecule has 1 aliphatic rings. The van der Waals surface area contributed by atoms with Crippen molar-refractivity contribution >= 4 is 51.2 Å². The molecule has 1 unspecified atom stereocenters. The summed E-state index contributed by atoms with van der Waals surface area (Å²) in [6, 6.07) is 0.733. The molecule has 1 amide bonds. The number of pyridine rings is 1. The molecule has 1 atom stereocenters. The van der Waals surface area contributed by atoms with Crippen LogP contribution in [0, 0.1) is 0 Å². The maximum absolute atomic E-state index is 12.2. The molecule has 1 aliphatic heterocycles. The van der Waals surface area contributed by atoms with Crippen molar-refractivity contribution in [2.75, 3.05) is 11.6 Å². The van der Waals surface area contributed by atoms with Crippen LogP contribution in [0.5, 0.6) is 0 Å². The van der Waals surface area contributed by atoms with Gasteiger partial charge in [0.25, 0.3) is 5.91 Å². The zero-order chi connectivity index (χ0) is 13.3. The number of aliphatic carboxylic acids is 1. The maximum atomic E-state index is 12.2. The zero-order valence-corrected chi connectivity index (χ0v) is 12.1. The smallest absolute Gasteiger partial charge is 0.327 e. The molecule has 8 heteroatoms. The van der Waals surface area contributed by atoms with Crippen molar-refractivity contribution in [3.63, 3.8) is 0 Å². The van der Waals surface area contributed by atoms with Crippen molar-refractivity contribution in [2.24, 2.45) is 0 Å². The number of carbonyl (C=O) groups excluding carboxylic acids is 1. The summed E-state index contributed by atoms with van der Waals surface area (Å²) in [7, 11) is 0. The van der Waals surface area contributed by atoms with E-state index in [0.717, 1.165) is 0 Å². The summed E-state index contributed by atoms with van der Waals surface area (Å²) in [5, 5.41) is 9.11. The first kappa shape index (κ1) is 13.6. The third kappa shape index (κ3) is 2.62. The van der Waals surface area contributed by atoms with Gasteiger partial charge in [0, 0.05) is 16.4 Å². The second-order valence-electron chi connectivity index (χ2n) is 3.62. The second kappa shape index (κ2) is 5.46. The Hall–Kier alpha value is -0.790. The van der Waals surface area contributed by atoms with Gasteiger partial charge in [0.1, 0.15) is 11.2 Å². The SMILES string of the molecule is O=C(O)C1CSCN1C(=O)c1cc(Br)cnc1Cl. The van der Waals surface area contributed by atoms with Gasteiger partial charge in [0.05, 0.1) is 11.4 Å². The molecule has 0 spiro atoms. The van der Waals surface area contributed by atoms with Gasteiger partial charge >= 0.3 is 5.97 Å². The Labute approximate surface area is 121 Å². The molecule has 0 bridgehead atoms. The highest BCUT2D eigenvalue weighted by Crippen LogP contribution is 2.26. The summed E-state index contributed by atoms with van der Waals surface area (Å²) in [5.74, 6) is -0.683. The first-order chi connectivity index (χ1) is 8.50. The van der Waals surface area contributed by atoms with E-state index in [2.05, 4.69) is 20.9 Å². The minimum Gasteiger partial charge on any atom is -0.480 e. The first-order valence-corrected chi connectivity index (χ1v) is 7.26. The monoisotopic (exact) mass is 350 g/mol. The molecule has 5 nitrogen and oxygen atoms in total. The summed E-state index contributed by atoms with van der Waals surface area (Å²) >= 11 is 10.5. The van der Waals surface area contributed by atoms with Crippen molar-refractivity contribution in [1.29, 1.82) is 0 Å². The molecule has 0 radical (unpaired) electrons. The van der Waals surface area contributed by atoms with E-state index >= 15 is 0 Å². The summed E-state index contributed by atoms with van der Waals surface area (Å²) < 4.78 is 0.619. The highest BCUT2D eigenvalue weighted by molar-refractivity contribution is 9.10. The number of carbonyl (C=O) groups is 2. The number of amides is 1. The van der Waals surface area contributed by atoms with Gasteiger partial charge in [-0.2, -0.15) is 0 Å². The topological polar surface area (TPSA) is 70.5 Å². The number of nitrogens with zero attached hydrogens (tertiary/aromatic N) is 2. The molecule has 1 fully saturated rings. The Morgan fingerprint density at radius 2 is 2.33 bits per heavy atom. The van der Waals surface area contributed by atoms with Crippen LogP contribution < -0.4 is 0 Å². The number of halogens is 2. The fraction of sp³-hybridized carbons (Fsp3) is 0.300. The Morgan fingerprint density at radius 3 is 3.00 bits per heavy atom. The number of carboxylic acid groups (broad SMARTS) is 1. The van der Waals surface area contributed by atoms with Crippen LogP contribution in [0.1, 0.15) is 10.4 Å². The Bertz CT molecular complexity index is 514. The number of carboxylic acids is 1. The van der Waals surface area contributed by atoms with Crippen molar-refractivity contribution in [2.45, 2.75) is 6.04 Å². The fourth-order valence-corrected chi connectivity index (χ4v) is 3.24. The molecule has 2 heterocycles. The lowest BCUT2D eigenvalue weighted by molar-refractivity contribution is -0.140. The molecule has 0 saturated carbocycles. The molecular formula is C10H8BrClN2O3S. The zero-order valence-electron chi connectivity index (χ0n) is 8.97. The Morgan fingerprint density at radius 1 is 1.61 bits per heavy atom. The van der Waals surface area contributed by atoms with Gasteiger partial charge < -0.3 is 10.0 Å². The number of hydrogen-bond donors (Lipinski definition) is 1. The molecule has 96 valence electrons. The first-order valence-electron chi connectivity index (χ1n) is 4.93. The fourth-order valence-electron chi connectivity index (χ4n) is 1.57. The highest BCUT2D eigenvalue weighted by Gasteiger charge is 2.35. The second-order valence-corrected chi connectivity index (χ2v) is 5.89. The average Bonchev–Trinajstić information content (AvgIpc) is 2.80. The van der Waals surface area contributed by atoms with Crippen molar-refractivity contribution in [3.05, 3.63) is 27.5 Å². The van der Waals surface area contributed by atoms with E-state index < -0.39 is 17.9 Å². The number of thioether (sulfide) groups is 1. The van der Waals surface area contributed by atoms with E-state index in [-0.39, 0.29) is 10.7 Å². The van der Waals surface area contributed by atoms with E-state index in [1.165, 1.54) is 22.9 Å². The van der Waals surface area contributed by atoms with E-state index in [0.29, 0.717) is 16.1 Å². The molecule has 0 aromatic carbocycles. The van der Waals surface area contributed by atoms with E-state index in [1.807, 2.05) is 0 Å². The van der Waals surface area contributed by atoms with Crippen molar-refractivity contribution < 1.29 is 14.7 Å². The van der Waals surface area contributed by atoms with E-state index in [4.69, 9.17) is 16.7 Å². The largest absolute Gasteiger partial charge is 0.480 e. The lowest BCUT2D eigenvalue weighted by Gasteiger charge is -2.20. The van der Waals surface area contributed by atoms with Crippen LogP contribution in [-0.2, 0) is 4.79 Å². The summed E-state index contributed by atoms with van der Waals surface area (Å²) in [4.78, 5) is 28.4. The van der Waals surface area contributed by atoms with Crippen LogP contribution in [0.25, 0.3) is 0 Å². The molecular weight excluding hydrogens is 344 g/mol. The minimum atomic E-state index is -1.01. The standard InChI is InChI=1S/C10H8BrClN2O3S/c11-5-1-6(8(12)13-2-5)9(15)14-4-18-3-7(14)10(16)17/h1-2,7H,3-4H2,(H,16,17). The predicted octanol–water partition coefficient (Wildman–Crippen LogP) is 2.10. The van der Waals surface area contributed by atoms with Gasteiger partial charge in [-0.1, -0.05) is 11.6 Å². The van der Waals surface area contributed by atoms with Crippen LogP contribution in [0.2, 0.25) is 5.15 Å². The third-order valence-electron chi connectivity index (χ3n) is 2.46. The van der Waals surface area contributed by atoms with Crippen molar-refractivity contribution in [3.8, 4) is 0 Å². The molecule has 1 aromatic rings. The normalized spacial score (nSPS) is 19.0. The van der Waals surface area contributed by atoms with Crippen molar-refractivity contribution in [1.82, 2.24) is 9.88 Å². The molecule has 1 aromatic heterocycles. The molecule has 18 heavy (non-hydrogen) atoms. The van der Waals surface area contributed by atoms with Crippen LogP contribution in [0.15, 0.2) is 16.7 Å². The molecule has 0 aliphatic carbocycles. The van der Waals surface area contributed by atoms with Gasteiger partial charge in [-0.25, -0.2) is 9.78 Å². The van der Waals surface area contributed by atoms with Gasteiger partial charge in [-0.05, 0) is 22.0 Å². The summed E-state index contributed by atoms with van der Waals surface area (Å²) in [6.45, 7) is 0. The Kier molecular flexibility index (Phi) is 4.14. The number of rotatable bonds is 2. The van der Waals surface area contributed by atoms with Gasteiger partial charge in [0.2, 0.25) is 0 Å². The number of hydrogen-bond acceptors (Lipinski definition) is 4. The van der Waals surface area contributed by atoms with Crippen LogP contribution in [-0.4, -0.2) is 44.5 Å². The highest BCUT2D eigenvalue weighted by atomic mass is 79.9. The van der Waals surface area contributed by atoms with Crippen LogP contribution in [0.3, 0.4) is 0 Å². The van der Waals surface area contributed by atoms with Gasteiger partial charge in [-0.3, -0.25) is 4.79 Å². The maximum Gasteiger partial charge on any atom is 0.327 e. The lowest BCUT2D eigenvalue weighted by atomic mass is 10.2. The predicted molar refractivity (Wildman–Crippen MR) is 71.9 cm³/mol. The van der Waals surface area contributed by atoms with Gasteiger partial charge in [-0.15, -0.1) is 11.8 Å². The molecule has 1 saturated heterocycles. The third-order valence-corrected chi connectivity index (χ3v) is 4.21. The molecule has 1 N–H and O–H groups in total. The van der Waals surface area contributed by atoms with Gasteiger partial charge in [0.15, 0.2) is 0 Å². The van der Waals surface area contributed by atoms with Crippen LogP contribution in [0.4, 0.5) is 0 Å². The lowest BCUT2D eigenvalue weighted by Crippen LogP contribution is -2.41.